The largest absolute Gasteiger partial charge is 0.455 e. The lowest BCUT2D eigenvalue weighted by Crippen LogP contribution is -2.47. The second kappa shape index (κ2) is 33.8. The number of pyridine rings is 1. The predicted octanol–water partition coefficient (Wildman–Crippen LogP) is 10.0. The number of aromatic nitrogens is 2. The second-order valence-electron chi connectivity index (χ2n) is 25.0. The maximum absolute atomic E-state index is 13.9. The molecule has 0 radical (unpaired) electrons. The van der Waals surface area contributed by atoms with E-state index in [1.54, 1.807) is 30.5 Å². The summed E-state index contributed by atoms with van der Waals surface area (Å²) in [6.07, 6.45) is 3.52. The lowest BCUT2D eigenvalue weighted by molar-refractivity contribution is -0.387. The Morgan fingerprint density at radius 2 is 1.30 bits per heavy atom. The monoisotopic (exact) mass is 1540 g/mol. The molecule has 2 aromatic heterocycles. The zero-order valence-corrected chi connectivity index (χ0v) is 59.1. The highest BCUT2D eigenvalue weighted by Gasteiger charge is 2.35. The van der Waals surface area contributed by atoms with Crippen molar-refractivity contribution < 1.29 is 81.3 Å². The SMILES string of the molecule is CC1(C)CCC(CN2CCN(c3ccc(C(=O)NS(=O)(=O)c4ccc(N[C@H]5CCOC5)c([N+](=O)[O-])c4)c(Oc4cnc5[nH]ccc5c4)c3)CC2)=C(c2ccc(C(F)(F)F)cc2Cl)C1.Cl.NS(=O)(=O)c1ccc(F)c([N+](=O)[O-])c1.NS(=O)(=O)c1ccc(N[C@H]2CCOC2)c([N+](=O)[O-])c1.N[C@H]1CCOC1. The molecular formula is C64H73Cl2F4N13O17S3. The molecule has 30 nitrogen and oxygen atoms in total. The number of nitrogens with one attached hydrogen (secondary N) is 4. The molecule has 0 unspecified atom stereocenters. The molecule has 556 valence electrons. The standard InChI is InChI=1S/C44H45ClF3N7O7S.C10H13N3O5S.C6H5FN2O4S.C4H9NO.ClH/c1-43(2)12-9-28(36(23-43)34-6-3-29(20-37(34)45)44(46,47)48)25-53-14-16-54(17-15-53)31-4-7-35(40(21-31)62-32-19-27-10-13-49-41(27)50-24-32)42(56)52-63(59,60)33-5-8-38(39(22-33)55(57)58)51-30-11-18-61-26-30;11-19(16,17)8-1-2-9(10(5-8)13(14)15)12-7-3-4-18-6-7;7-5-2-1-4(14(8,12)13)3-6(5)9(10)11;5-4-1-2-6-3-4;/h3-8,10,13,19-22,24,30,51H,9,11-12,14-18,23,25-26H2,1-2H3,(H,49,50)(H,52,56);1-2,5,7,12H,3-4,6H2,(H2,11,16,17);1-3H,(H2,8,12,13);4H,1-3,5H2;1H/t30-;7-;;4-;/m00.0./s1. The number of carbonyl (C=O) groups is 1. The third-order valence-corrected chi connectivity index (χ3v) is 20.4. The number of amides is 1. The molecule has 7 aromatic rings. The van der Waals surface area contributed by atoms with Crippen LogP contribution in [0.3, 0.4) is 0 Å². The van der Waals surface area contributed by atoms with Crippen LogP contribution in [0.1, 0.15) is 73.9 Å². The highest BCUT2D eigenvalue weighted by molar-refractivity contribution is 7.90. The number of benzene rings is 5. The summed E-state index contributed by atoms with van der Waals surface area (Å²) in [4.78, 5) is 55.3. The van der Waals surface area contributed by atoms with Crippen LogP contribution >= 0.6 is 24.0 Å². The summed E-state index contributed by atoms with van der Waals surface area (Å²) in [5.41, 5.74) is 7.24. The Bertz CT molecular complexity index is 4670. The molecule has 1 amide bonds. The lowest BCUT2D eigenvalue weighted by atomic mass is 9.72. The highest BCUT2D eigenvalue weighted by atomic mass is 35.5. The molecule has 103 heavy (non-hydrogen) atoms. The van der Waals surface area contributed by atoms with Crippen molar-refractivity contribution >= 4 is 111 Å². The maximum Gasteiger partial charge on any atom is 0.416 e. The first-order chi connectivity index (χ1) is 48.0. The van der Waals surface area contributed by atoms with Crippen LogP contribution in [0.4, 0.5) is 51.7 Å². The summed E-state index contributed by atoms with van der Waals surface area (Å²) < 4.78 is 148. The third-order valence-electron chi connectivity index (χ3n) is 17.0. The van der Waals surface area contributed by atoms with E-state index in [0.29, 0.717) is 113 Å². The molecule has 0 bridgehead atoms. The molecule has 0 spiro atoms. The van der Waals surface area contributed by atoms with Crippen LogP contribution in [0.2, 0.25) is 5.02 Å². The number of ether oxygens (including phenoxy) is 4. The van der Waals surface area contributed by atoms with Gasteiger partial charge in [0.2, 0.25) is 25.9 Å². The number of sulfonamides is 3. The Hall–Kier alpha value is -8.73. The number of carbonyl (C=O) groups excluding carboxylic acids is 1. The minimum Gasteiger partial charge on any atom is -0.455 e. The normalized spacial score (nSPS) is 18.4. The molecular weight excluding hydrogens is 1470 g/mol. The van der Waals surface area contributed by atoms with Gasteiger partial charge in [0.1, 0.15) is 28.5 Å². The van der Waals surface area contributed by atoms with Crippen LogP contribution in [0.25, 0.3) is 16.6 Å². The number of nitro benzene ring substituents is 3. The molecule has 4 aliphatic heterocycles. The number of hydrogen-bond donors (Lipinski definition) is 7. The number of nitro groups is 3. The van der Waals surface area contributed by atoms with Gasteiger partial charge in [-0.2, -0.15) is 17.6 Å². The van der Waals surface area contributed by atoms with E-state index < -0.39 is 89.5 Å². The van der Waals surface area contributed by atoms with Gasteiger partial charge in [-0.3, -0.25) is 40.0 Å². The summed E-state index contributed by atoms with van der Waals surface area (Å²) in [5, 5.41) is 49.7. The van der Waals surface area contributed by atoms with Gasteiger partial charge in [-0.25, -0.2) is 45.2 Å². The Morgan fingerprint density at radius 1 is 0.738 bits per heavy atom. The van der Waals surface area contributed by atoms with Gasteiger partial charge in [-0.15, -0.1) is 12.4 Å². The number of alkyl halides is 3. The van der Waals surface area contributed by atoms with Crippen LogP contribution in [0.5, 0.6) is 11.5 Å². The number of piperazine rings is 1. The molecule has 0 saturated carbocycles. The molecule has 5 aromatic carbocycles. The first-order valence-corrected chi connectivity index (χ1v) is 36.4. The fourth-order valence-corrected chi connectivity index (χ4v) is 13.8. The predicted molar refractivity (Wildman–Crippen MR) is 375 cm³/mol. The van der Waals surface area contributed by atoms with Crippen molar-refractivity contribution in [3.63, 3.8) is 0 Å². The van der Waals surface area contributed by atoms with Gasteiger partial charge in [0.25, 0.3) is 27.3 Å². The van der Waals surface area contributed by atoms with Crippen LogP contribution in [0, 0.1) is 41.6 Å². The van der Waals surface area contributed by atoms with Crippen LogP contribution in [-0.4, -0.2) is 151 Å². The summed E-state index contributed by atoms with van der Waals surface area (Å²) in [6, 6.07) is 21.1. The molecule has 3 atom stereocenters. The van der Waals surface area contributed by atoms with Crippen molar-refractivity contribution in [3.05, 3.63) is 179 Å². The summed E-state index contributed by atoms with van der Waals surface area (Å²) in [6.45, 7) is 11.0. The molecule has 6 heterocycles. The Kier molecular flexibility index (Phi) is 26.2. The Balaban J connectivity index is 0.000000270. The van der Waals surface area contributed by atoms with Crippen molar-refractivity contribution in [1.82, 2.24) is 19.6 Å². The number of nitrogens with zero attached hydrogens (tertiary/aromatic N) is 6. The molecule has 10 N–H and O–H groups in total. The van der Waals surface area contributed by atoms with Gasteiger partial charge in [0.05, 0.1) is 78.7 Å². The third kappa shape index (κ3) is 21.5. The van der Waals surface area contributed by atoms with Gasteiger partial charge in [-0.05, 0) is 128 Å². The topological polar surface area (TPSA) is 435 Å². The van der Waals surface area contributed by atoms with Gasteiger partial charge in [-0.1, -0.05) is 37.1 Å². The number of primary sulfonamides is 2. The zero-order chi connectivity index (χ0) is 74.1. The van der Waals surface area contributed by atoms with E-state index >= 15 is 0 Å². The molecule has 1 aliphatic carbocycles. The minimum atomic E-state index is -4.61. The van der Waals surface area contributed by atoms with Gasteiger partial charge < -0.3 is 45.2 Å². The highest BCUT2D eigenvalue weighted by Crippen LogP contribution is 2.46. The minimum absolute atomic E-state index is 0. The van der Waals surface area contributed by atoms with Crippen LogP contribution < -0.4 is 41.0 Å². The number of allylic oxidation sites excluding steroid dienone is 1. The average Bonchev–Trinajstić information content (AvgIpc) is 1.44. The van der Waals surface area contributed by atoms with Crippen LogP contribution in [-0.2, 0) is 50.5 Å². The van der Waals surface area contributed by atoms with Crippen molar-refractivity contribution in [3.8, 4) is 11.5 Å². The van der Waals surface area contributed by atoms with Crippen molar-refractivity contribution in [1.29, 1.82) is 0 Å². The molecule has 12 rings (SSSR count). The van der Waals surface area contributed by atoms with E-state index in [1.165, 1.54) is 42.6 Å². The summed E-state index contributed by atoms with van der Waals surface area (Å²) in [7, 11) is -12.6. The summed E-state index contributed by atoms with van der Waals surface area (Å²) in [5.74, 6) is -1.78. The van der Waals surface area contributed by atoms with E-state index in [1.807, 2.05) is 0 Å². The molecule has 5 aliphatic rings. The lowest BCUT2D eigenvalue weighted by Gasteiger charge is -2.39. The van der Waals surface area contributed by atoms with E-state index in [-0.39, 0.29) is 68.2 Å². The van der Waals surface area contributed by atoms with E-state index in [0.717, 1.165) is 85.8 Å². The number of anilines is 3. The number of nitrogens with two attached hydrogens (primary N) is 3. The Morgan fingerprint density at radius 3 is 1.83 bits per heavy atom. The van der Waals surface area contributed by atoms with Crippen molar-refractivity contribution in [2.75, 3.05) is 87.9 Å². The van der Waals surface area contributed by atoms with Gasteiger partial charge in [0, 0.05) is 105 Å². The first kappa shape index (κ1) is 80.0. The fourth-order valence-electron chi connectivity index (χ4n) is 11.5. The average molecular weight is 1540 g/mol. The first-order valence-electron chi connectivity index (χ1n) is 31.5. The van der Waals surface area contributed by atoms with Crippen molar-refractivity contribution in [2.45, 2.75) is 91.4 Å². The number of rotatable bonds is 18. The zero-order valence-electron chi connectivity index (χ0n) is 55.1. The molecule has 39 heteroatoms. The van der Waals surface area contributed by atoms with Crippen LogP contribution in [0.15, 0.2) is 136 Å². The smallest absolute Gasteiger partial charge is 0.416 e. The fraction of sp³-hybridized carbons (Fsp3) is 0.375. The quantitative estimate of drug-likeness (QED) is 0.0238. The summed E-state index contributed by atoms with van der Waals surface area (Å²) >= 11 is 6.52. The number of aromatic amines is 1. The second-order valence-corrected chi connectivity index (χ2v) is 30.3. The molecule has 4 saturated heterocycles. The number of halogens is 6. The maximum atomic E-state index is 13.9. The van der Waals surface area contributed by atoms with Gasteiger partial charge >= 0.3 is 11.9 Å². The van der Waals surface area contributed by atoms with Crippen molar-refractivity contribution in [2.24, 2.45) is 21.4 Å². The van der Waals surface area contributed by atoms with E-state index in [9.17, 15) is 78.0 Å². The molecule has 4 fully saturated rings. The Labute approximate surface area is 599 Å². The van der Waals surface area contributed by atoms with E-state index in [4.69, 9.17) is 46.6 Å². The number of H-pyrrole nitrogens is 1. The number of fused-ring (bicyclic) bond motifs is 1. The number of hydrogen-bond acceptors (Lipinski definition) is 23. The van der Waals surface area contributed by atoms with Gasteiger partial charge in [0.15, 0.2) is 0 Å². The van der Waals surface area contributed by atoms with E-state index in [2.05, 4.69) is 49.0 Å².